The van der Waals surface area contributed by atoms with Crippen LogP contribution in [-0.4, -0.2) is 41.0 Å². The Labute approximate surface area is 114 Å². The van der Waals surface area contributed by atoms with Crippen LogP contribution in [-0.2, 0) is 4.79 Å². The van der Waals surface area contributed by atoms with Gasteiger partial charge in [0.05, 0.1) is 4.92 Å². The van der Waals surface area contributed by atoms with E-state index in [0.717, 1.165) is 4.90 Å². The first-order valence-electron chi connectivity index (χ1n) is 5.99. The molecule has 8 heteroatoms. The molecule has 1 aliphatic rings. The maximum atomic E-state index is 12.0. The first-order valence-corrected chi connectivity index (χ1v) is 5.99. The molecule has 3 amide bonds. The highest BCUT2D eigenvalue weighted by atomic mass is 16.6. The standard InChI is InChI=1S/C12H13N3O5/c1-8(11(16)14-7-6-13-12(14)17)20-10-4-2-9(3-5-10)15(18)19/h2-5,8H,6-7H2,1H3,(H,13,17)/t8-/m1/s1. The molecule has 0 saturated carbocycles. The van der Waals surface area contributed by atoms with Gasteiger partial charge >= 0.3 is 6.03 Å². The molecule has 1 aliphatic heterocycles. The summed E-state index contributed by atoms with van der Waals surface area (Å²) < 4.78 is 5.38. The van der Waals surface area contributed by atoms with Gasteiger partial charge in [-0.3, -0.25) is 19.8 Å². The summed E-state index contributed by atoms with van der Waals surface area (Å²) in [7, 11) is 0. The summed E-state index contributed by atoms with van der Waals surface area (Å²) in [5.74, 6) is -0.116. The highest BCUT2D eigenvalue weighted by Gasteiger charge is 2.30. The number of rotatable bonds is 4. The third-order valence-corrected chi connectivity index (χ3v) is 2.83. The van der Waals surface area contributed by atoms with Crippen LogP contribution in [0.4, 0.5) is 10.5 Å². The van der Waals surface area contributed by atoms with Crippen LogP contribution in [0.3, 0.4) is 0 Å². The number of carbonyl (C=O) groups is 2. The minimum atomic E-state index is -0.847. The summed E-state index contributed by atoms with van der Waals surface area (Å²) >= 11 is 0. The van der Waals surface area contributed by atoms with Crippen LogP contribution in [0.1, 0.15) is 6.92 Å². The van der Waals surface area contributed by atoms with E-state index in [4.69, 9.17) is 4.74 Å². The number of ether oxygens (including phenoxy) is 1. The van der Waals surface area contributed by atoms with E-state index in [1.807, 2.05) is 0 Å². The number of carbonyl (C=O) groups excluding carboxylic acids is 2. The van der Waals surface area contributed by atoms with Crippen molar-refractivity contribution in [3.8, 4) is 5.75 Å². The van der Waals surface area contributed by atoms with Gasteiger partial charge in [0.1, 0.15) is 5.75 Å². The fourth-order valence-corrected chi connectivity index (χ4v) is 1.80. The van der Waals surface area contributed by atoms with Gasteiger partial charge in [0.25, 0.3) is 11.6 Å². The van der Waals surface area contributed by atoms with E-state index in [0.29, 0.717) is 18.8 Å². The van der Waals surface area contributed by atoms with E-state index in [1.54, 1.807) is 0 Å². The summed E-state index contributed by atoms with van der Waals surface area (Å²) in [6, 6.07) is 4.96. The molecule has 1 atom stereocenters. The Morgan fingerprint density at radius 3 is 2.60 bits per heavy atom. The fraction of sp³-hybridized carbons (Fsp3) is 0.333. The first kappa shape index (κ1) is 13.8. The lowest BCUT2D eigenvalue weighted by atomic mass is 10.3. The number of amides is 3. The Morgan fingerprint density at radius 2 is 2.10 bits per heavy atom. The van der Waals surface area contributed by atoms with Crippen molar-refractivity contribution < 1.29 is 19.2 Å². The van der Waals surface area contributed by atoms with Crippen molar-refractivity contribution in [2.75, 3.05) is 13.1 Å². The molecule has 0 spiro atoms. The van der Waals surface area contributed by atoms with Gasteiger partial charge in [-0.1, -0.05) is 0 Å². The zero-order valence-electron chi connectivity index (χ0n) is 10.7. The number of hydrogen-bond acceptors (Lipinski definition) is 5. The van der Waals surface area contributed by atoms with Crippen LogP contribution in [0.2, 0.25) is 0 Å². The quantitative estimate of drug-likeness (QED) is 0.652. The van der Waals surface area contributed by atoms with E-state index in [1.165, 1.54) is 31.2 Å². The van der Waals surface area contributed by atoms with Crippen molar-refractivity contribution in [2.24, 2.45) is 0 Å². The average Bonchev–Trinajstić information content (AvgIpc) is 2.84. The van der Waals surface area contributed by atoms with Crippen LogP contribution < -0.4 is 10.1 Å². The van der Waals surface area contributed by atoms with Crippen molar-refractivity contribution in [1.82, 2.24) is 10.2 Å². The zero-order chi connectivity index (χ0) is 14.7. The Bertz CT molecular complexity index is 543. The molecule has 106 valence electrons. The summed E-state index contributed by atoms with van der Waals surface area (Å²) in [5, 5.41) is 13.0. The molecule has 1 aromatic carbocycles. The Balaban J connectivity index is 2.00. The van der Waals surface area contributed by atoms with Crippen LogP contribution >= 0.6 is 0 Å². The molecule has 1 heterocycles. The van der Waals surface area contributed by atoms with Crippen molar-refractivity contribution in [2.45, 2.75) is 13.0 Å². The van der Waals surface area contributed by atoms with Gasteiger partial charge in [0.15, 0.2) is 6.10 Å². The van der Waals surface area contributed by atoms with E-state index in [2.05, 4.69) is 5.32 Å². The summed E-state index contributed by atoms with van der Waals surface area (Å²) in [5.41, 5.74) is -0.0600. The van der Waals surface area contributed by atoms with Gasteiger partial charge < -0.3 is 10.1 Å². The second-order valence-electron chi connectivity index (χ2n) is 4.23. The number of nitrogens with zero attached hydrogens (tertiary/aromatic N) is 2. The van der Waals surface area contributed by atoms with Crippen molar-refractivity contribution in [3.63, 3.8) is 0 Å². The van der Waals surface area contributed by atoms with Crippen molar-refractivity contribution in [3.05, 3.63) is 34.4 Å². The molecule has 1 N–H and O–H groups in total. The number of nitro groups is 1. The molecule has 0 aliphatic carbocycles. The van der Waals surface area contributed by atoms with Crippen LogP contribution in [0.25, 0.3) is 0 Å². The van der Waals surface area contributed by atoms with Crippen LogP contribution in [0.5, 0.6) is 5.75 Å². The van der Waals surface area contributed by atoms with Crippen molar-refractivity contribution in [1.29, 1.82) is 0 Å². The molecule has 20 heavy (non-hydrogen) atoms. The second-order valence-corrected chi connectivity index (χ2v) is 4.23. The van der Waals surface area contributed by atoms with Gasteiger partial charge in [-0.25, -0.2) is 4.79 Å². The third kappa shape index (κ3) is 2.85. The average molecular weight is 279 g/mol. The molecule has 8 nitrogen and oxygen atoms in total. The van der Waals surface area contributed by atoms with Crippen LogP contribution in [0.15, 0.2) is 24.3 Å². The second kappa shape index (κ2) is 5.55. The molecular weight excluding hydrogens is 266 g/mol. The van der Waals surface area contributed by atoms with E-state index < -0.39 is 23.0 Å². The maximum Gasteiger partial charge on any atom is 0.324 e. The van der Waals surface area contributed by atoms with E-state index in [9.17, 15) is 19.7 Å². The monoisotopic (exact) mass is 279 g/mol. The van der Waals surface area contributed by atoms with Gasteiger partial charge in [-0.05, 0) is 19.1 Å². The molecule has 0 bridgehead atoms. The molecule has 1 fully saturated rings. The number of nitrogens with one attached hydrogen (secondary N) is 1. The molecule has 0 radical (unpaired) electrons. The minimum Gasteiger partial charge on any atom is -0.481 e. The smallest absolute Gasteiger partial charge is 0.324 e. The number of urea groups is 1. The number of benzene rings is 1. The van der Waals surface area contributed by atoms with Gasteiger partial charge in [0, 0.05) is 25.2 Å². The Kier molecular flexibility index (Phi) is 3.83. The SMILES string of the molecule is C[C@@H](Oc1ccc([N+](=O)[O-])cc1)C(=O)N1CCNC1=O. The number of nitro benzene ring substituents is 1. The Morgan fingerprint density at radius 1 is 1.45 bits per heavy atom. The third-order valence-electron chi connectivity index (χ3n) is 2.83. The largest absolute Gasteiger partial charge is 0.481 e. The predicted octanol–water partition coefficient (Wildman–Crippen LogP) is 0.914. The topological polar surface area (TPSA) is 102 Å². The molecule has 0 unspecified atom stereocenters. The minimum absolute atomic E-state index is 0.0600. The predicted molar refractivity (Wildman–Crippen MR) is 68.3 cm³/mol. The summed E-state index contributed by atoms with van der Waals surface area (Å²) in [6.45, 7) is 2.26. The summed E-state index contributed by atoms with van der Waals surface area (Å²) in [4.78, 5) is 34.4. The molecule has 1 aromatic rings. The molecule has 1 saturated heterocycles. The normalized spacial score (nSPS) is 15.7. The highest BCUT2D eigenvalue weighted by molar-refractivity contribution is 5.97. The lowest BCUT2D eigenvalue weighted by Gasteiger charge is -2.18. The Hall–Kier alpha value is -2.64. The number of non-ortho nitro benzene ring substituents is 1. The van der Waals surface area contributed by atoms with Gasteiger partial charge in [-0.15, -0.1) is 0 Å². The highest BCUT2D eigenvalue weighted by Crippen LogP contribution is 2.19. The summed E-state index contributed by atoms with van der Waals surface area (Å²) in [6.07, 6.45) is -0.847. The number of hydrogen-bond donors (Lipinski definition) is 1. The van der Waals surface area contributed by atoms with E-state index in [-0.39, 0.29) is 5.69 Å². The van der Waals surface area contributed by atoms with E-state index >= 15 is 0 Å². The first-order chi connectivity index (χ1) is 9.49. The van der Waals surface area contributed by atoms with Gasteiger partial charge in [0.2, 0.25) is 0 Å². The molecule has 0 aromatic heterocycles. The van der Waals surface area contributed by atoms with Crippen molar-refractivity contribution >= 4 is 17.6 Å². The van der Waals surface area contributed by atoms with Gasteiger partial charge in [-0.2, -0.15) is 0 Å². The molecule has 2 rings (SSSR count). The fourth-order valence-electron chi connectivity index (χ4n) is 1.80. The van der Waals surface area contributed by atoms with Crippen LogP contribution in [0, 0.1) is 10.1 Å². The zero-order valence-corrected chi connectivity index (χ0v) is 10.7. The lowest BCUT2D eigenvalue weighted by Crippen LogP contribution is -2.42. The lowest BCUT2D eigenvalue weighted by molar-refractivity contribution is -0.384. The number of imide groups is 1. The maximum absolute atomic E-state index is 12.0. The molecular formula is C12H13N3O5.